The standard InChI is InChI=1S/C25H16FN7/c26-16-5-1-4-15(9-16)22-24-19(7-8-28-22)32-25(33-24)23-18-11-20(14-3-2-6-17(27)10-14)29-12-21(18)30-13-31-23/h1-13H,27H2,(H,32,33). The number of pyridine rings is 2. The summed E-state index contributed by atoms with van der Waals surface area (Å²) in [6, 6.07) is 17.6. The highest BCUT2D eigenvalue weighted by atomic mass is 19.1. The SMILES string of the molecule is Nc1cccc(-c2cc3c(-c4nc5c(-c6cccc(F)c6)nccc5[nH]4)ncnc3cn2)c1. The average Bonchev–Trinajstić information content (AvgIpc) is 3.27. The van der Waals surface area contributed by atoms with E-state index in [1.807, 2.05) is 42.5 Å². The Morgan fingerprint density at radius 2 is 1.70 bits per heavy atom. The summed E-state index contributed by atoms with van der Waals surface area (Å²) >= 11 is 0. The van der Waals surface area contributed by atoms with E-state index in [0.29, 0.717) is 39.5 Å². The van der Waals surface area contributed by atoms with Crippen LogP contribution in [0.25, 0.3) is 56.0 Å². The Morgan fingerprint density at radius 3 is 2.58 bits per heavy atom. The van der Waals surface area contributed by atoms with Gasteiger partial charge in [-0.05, 0) is 36.4 Å². The third-order valence-corrected chi connectivity index (χ3v) is 5.43. The number of hydrogen-bond donors (Lipinski definition) is 2. The molecule has 0 saturated carbocycles. The number of nitrogens with zero attached hydrogens (tertiary/aromatic N) is 5. The van der Waals surface area contributed by atoms with Gasteiger partial charge in [-0.15, -0.1) is 0 Å². The Labute approximate surface area is 187 Å². The van der Waals surface area contributed by atoms with Crippen LogP contribution in [0.2, 0.25) is 0 Å². The Bertz CT molecular complexity index is 1660. The molecular weight excluding hydrogens is 417 g/mol. The summed E-state index contributed by atoms with van der Waals surface area (Å²) in [5.41, 5.74) is 12.2. The molecule has 8 heteroatoms. The number of nitrogen functional groups attached to an aromatic ring is 1. The van der Waals surface area contributed by atoms with Gasteiger partial charge >= 0.3 is 0 Å². The zero-order valence-electron chi connectivity index (χ0n) is 17.2. The molecule has 0 radical (unpaired) electrons. The maximum absolute atomic E-state index is 13.8. The lowest BCUT2D eigenvalue weighted by atomic mass is 10.1. The predicted octanol–water partition coefficient (Wildman–Crippen LogP) is 5.02. The molecule has 0 spiro atoms. The Morgan fingerprint density at radius 1 is 0.818 bits per heavy atom. The van der Waals surface area contributed by atoms with Gasteiger partial charge in [-0.25, -0.2) is 19.3 Å². The van der Waals surface area contributed by atoms with Gasteiger partial charge in [0.15, 0.2) is 5.82 Å². The van der Waals surface area contributed by atoms with Gasteiger partial charge in [0, 0.05) is 28.4 Å². The monoisotopic (exact) mass is 433 g/mol. The normalized spacial score (nSPS) is 11.3. The number of H-pyrrole nitrogens is 1. The lowest BCUT2D eigenvalue weighted by Crippen LogP contribution is -1.93. The fraction of sp³-hybridized carbons (Fsp3) is 0. The first-order valence-corrected chi connectivity index (χ1v) is 10.2. The molecule has 158 valence electrons. The third-order valence-electron chi connectivity index (χ3n) is 5.43. The van der Waals surface area contributed by atoms with Crippen molar-refractivity contribution in [2.45, 2.75) is 0 Å². The van der Waals surface area contributed by atoms with E-state index in [1.54, 1.807) is 18.5 Å². The number of anilines is 1. The van der Waals surface area contributed by atoms with Crippen molar-refractivity contribution in [1.82, 2.24) is 29.9 Å². The summed E-state index contributed by atoms with van der Waals surface area (Å²) in [7, 11) is 0. The van der Waals surface area contributed by atoms with Crippen molar-refractivity contribution in [3.05, 3.63) is 85.2 Å². The van der Waals surface area contributed by atoms with Crippen molar-refractivity contribution in [2.24, 2.45) is 0 Å². The number of nitrogens with two attached hydrogens (primary N) is 1. The second-order valence-electron chi connectivity index (χ2n) is 7.59. The highest BCUT2D eigenvalue weighted by molar-refractivity contribution is 5.96. The summed E-state index contributed by atoms with van der Waals surface area (Å²) in [5, 5.41) is 0.796. The quantitative estimate of drug-likeness (QED) is 0.380. The third kappa shape index (κ3) is 3.34. The molecule has 7 nitrogen and oxygen atoms in total. The number of imidazole rings is 1. The summed E-state index contributed by atoms with van der Waals surface area (Å²) < 4.78 is 13.8. The first-order chi connectivity index (χ1) is 16.2. The molecule has 4 heterocycles. The second-order valence-corrected chi connectivity index (χ2v) is 7.59. The molecule has 0 atom stereocenters. The van der Waals surface area contributed by atoms with Crippen LogP contribution < -0.4 is 5.73 Å². The van der Waals surface area contributed by atoms with E-state index in [9.17, 15) is 4.39 Å². The molecule has 6 aromatic rings. The summed E-state index contributed by atoms with van der Waals surface area (Å²) in [4.78, 5) is 25.9. The van der Waals surface area contributed by atoms with Gasteiger partial charge in [-0.3, -0.25) is 9.97 Å². The van der Waals surface area contributed by atoms with Gasteiger partial charge in [0.1, 0.15) is 23.4 Å². The average molecular weight is 433 g/mol. The van der Waals surface area contributed by atoms with Crippen LogP contribution >= 0.6 is 0 Å². The van der Waals surface area contributed by atoms with Crippen LogP contribution in [0.4, 0.5) is 10.1 Å². The van der Waals surface area contributed by atoms with E-state index in [1.165, 1.54) is 18.5 Å². The number of halogens is 1. The van der Waals surface area contributed by atoms with E-state index in [-0.39, 0.29) is 5.82 Å². The van der Waals surface area contributed by atoms with E-state index in [0.717, 1.165) is 22.2 Å². The van der Waals surface area contributed by atoms with Crippen molar-refractivity contribution < 1.29 is 4.39 Å². The lowest BCUT2D eigenvalue weighted by Gasteiger charge is -2.06. The zero-order valence-corrected chi connectivity index (χ0v) is 17.2. The van der Waals surface area contributed by atoms with Crippen LogP contribution in [-0.4, -0.2) is 29.9 Å². The molecule has 4 aromatic heterocycles. The van der Waals surface area contributed by atoms with Crippen molar-refractivity contribution in [1.29, 1.82) is 0 Å². The molecule has 6 rings (SSSR count). The van der Waals surface area contributed by atoms with Crippen LogP contribution in [0, 0.1) is 5.82 Å². The molecular formula is C25H16FN7. The number of nitrogens with one attached hydrogen (secondary N) is 1. The van der Waals surface area contributed by atoms with Gasteiger partial charge in [0.05, 0.1) is 28.6 Å². The minimum absolute atomic E-state index is 0.328. The molecule has 0 saturated heterocycles. The highest BCUT2D eigenvalue weighted by Gasteiger charge is 2.16. The van der Waals surface area contributed by atoms with E-state index < -0.39 is 0 Å². The zero-order chi connectivity index (χ0) is 22.4. The maximum Gasteiger partial charge on any atom is 0.158 e. The molecule has 0 aliphatic heterocycles. The largest absolute Gasteiger partial charge is 0.399 e. The van der Waals surface area contributed by atoms with Crippen molar-refractivity contribution in [2.75, 3.05) is 5.73 Å². The van der Waals surface area contributed by atoms with Crippen molar-refractivity contribution in [3.63, 3.8) is 0 Å². The lowest BCUT2D eigenvalue weighted by molar-refractivity contribution is 0.628. The van der Waals surface area contributed by atoms with Crippen molar-refractivity contribution >= 4 is 27.6 Å². The smallest absolute Gasteiger partial charge is 0.158 e. The molecule has 0 amide bonds. The highest BCUT2D eigenvalue weighted by Crippen LogP contribution is 2.31. The number of benzene rings is 2. The Hall–Kier alpha value is -4.72. The van der Waals surface area contributed by atoms with E-state index >= 15 is 0 Å². The number of rotatable bonds is 3. The molecule has 33 heavy (non-hydrogen) atoms. The molecule has 2 aromatic carbocycles. The number of hydrogen-bond acceptors (Lipinski definition) is 6. The molecule has 3 N–H and O–H groups in total. The first-order valence-electron chi connectivity index (χ1n) is 10.2. The number of fused-ring (bicyclic) bond motifs is 2. The van der Waals surface area contributed by atoms with Crippen LogP contribution in [0.1, 0.15) is 0 Å². The minimum Gasteiger partial charge on any atom is -0.399 e. The number of aromatic nitrogens is 6. The minimum atomic E-state index is -0.328. The van der Waals surface area contributed by atoms with Gasteiger partial charge in [-0.2, -0.15) is 0 Å². The van der Waals surface area contributed by atoms with Crippen molar-refractivity contribution in [3.8, 4) is 34.0 Å². The second kappa shape index (κ2) is 7.45. The van der Waals surface area contributed by atoms with E-state index in [4.69, 9.17) is 10.7 Å². The first kappa shape index (κ1) is 19.0. The molecule has 0 aliphatic carbocycles. The van der Waals surface area contributed by atoms with Gasteiger partial charge in [0.2, 0.25) is 0 Å². The summed E-state index contributed by atoms with van der Waals surface area (Å²) in [6.45, 7) is 0. The predicted molar refractivity (Wildman–Crippen MR) is 125 cm³/mol. The molecule has 0 bridgehead atoms. The van der Waals surface area contributed by atoms with Crippen LogP contribution in [-0.2, 0) is 0 Å². The fourth-order valence-electron chi connectivity index (χ4n) is 3.90. The molecule has 0 unspecified atom stereocenters. The van der Waals surface area contributed by atoms with Crippen LogP contribution in [0.5, 0.6) is 0 Å². The topological polar surface area (TPSA) is 106 Å². The van der Waals surface area contributed by atoms with Crippen LogP contribution in [0.3, 0.4) is 0 Å². The molecule has 0 fully saturated rings. The maximum atomic E-state index is 13.8. The summed E-state index contributed by atoms with van der Waals surface area (Å²) in [6.07, 6.45) is 4.87. The van der Waals surface area contributed by atoms with Gasteiger partial charge in [0.25, 0.3) is 0 Å². The van der Waals surface area contributed by atoms with Gasteiger partial charge < -0.3 is 10.7 Å². The number of aromatic amines is 1. The van der Waals surface area contributed by atoms with E-state index in [2.05, 4.69) is 24.9 Å². The van der Waals surface area contributed by atoms with Gasteiger partial charge in [-0.1, -0.05) is 24.3 Å². The summed E-state index contributed by atoms with van der Waals surface area (Å²) in [5.74, 6) is 0.234. The Kier molecular flexibility index (Phi) is 4.29. The van der Waals surface area contributed by atoms with Crippen LogP contribution in [0.15, 0.2) is 79.4 Å². The Balaban J connectivity index is 1.54. The fourth-order valence-corrected chi connectivity index (χ4v) is 3.90. The molecule has 0 aliphatic rings.